The lowest BCUT2D eigenvalue weighted by atomic mass is 9.96. The van der Waals surface area contributed by atoms with Crippen molar-refractivity contribution in [2.45, 2.75) is 52.0 Å². The van der Waals surface area contributed by atoms with Gasteiger partial charge in [0.2, 0.25) is 0 Å². The highest BCUT2D eigenvalue weighted by Crippen LogP contribution is 2.16. The van der Waals surface area contributed by atoms with Crippen LogP contribution in [0.5, 0.6) is 0 Å². The Morgan fingerprint density at radius 1 is 1.21 bits per heavy atom. The molecule has 0 aromatic carbocycles. The van der Waals surface area contributed by atoms with E-state index in [0.717, 1.165) is 25.7 Å². The molecule has 5 heteroatoms. The van der Waals surface area contributed by atoms with Gasteiger partial charge in [-0.3, -0.25) is 0 Å². The number of carboxylic acid groups (broad SMARTS) is 1. The maximum absolute atomic E-state index is 10.0. The summed E-state index contributed by atoms with van der Waals surface area (Å²) >= 11 is 0. The molecule has 114 valence electrons. The Balaban J connectivity index is 0.000000356. The van der Waals surface area contributed by atoms with Crippen molar-refractivity contribution in [3.05, 3.63) is 0 Å². The number of hydrogen-bond donors (Lipinski definition) is 3. The molecule has 1 fully saturated rings. The summed E-state index contributed by atoms with van der Waals surface area (Å²) in [5.74, 6) is 0. The molecule has 0 radical (unpaired) electrons. The molecule has 3 N–H and O–H groups in total. The first kappa shape index (κ1) is 18.2. The van der Waals surface area contributed by atoms with Gasteiger partial charge in [0.25, 0.3) is 0 Å². The van der Waals surface area contributed by atoms with Gasteiger partial charge in [-0.15, -0.1) is 0 Å². The van der Waals surface area contributed by atoms with Crippen molar-refractivity contribution in [2.75, 3.05) is 33.2 Å². The Labute approximate surface area is 117 Å². The van der Waals surface area contributed by atoms with Gasteiger partial charge in [-0.05, 0) is 33.0 Å². The molecule has 1 aliphatic rings. The van der Waals surface area contributed by atoms with Gasteiger partial charge < -0.3 is 20.6 Å². The SMILES string of the molecule is CCN(CC)CCNC(=O)O.CNC1CCCCC1. The summed E-state index contributed by atoms with van der Waals surface area (Å²) < 4.78 is 0. The number of nitrogens with one attached hydrogen (secondary N) is 2. The van der Waals surface area contributed by atoms with Crippen LogP contribution in [0.15, 0.2) is 0 Å². The van der Waals surface area contributed by atoms with Crippen LogP contribution in [0.2, 0.25) is 0 Å². The number of likely N-dealkylation sites (N-methyl/N-ethyl adjacent to an activating group) is 1. The monoisotopic (exact) mass is 273 g/mol. The highest BCUT2D eigenvalue weighted by molar-refractivity contribution is 5.64. The fraction of sp³-hybridized carbons (Fsp3) is 0.929. The first-order chi connectivity index (χ1) is 9.13. The van der Waals surface area contributed by atoms with Crippen molar-refractivity contribution in [2.24, 2.45) is 0 Å². The van der Waals surface area contributed by atoms with E-state index in [1.54, 1.807) is 0 Å². The molecular weight excluding hydrogens is 242 g/mol. The van der Waals surface area contributed by atoms with Crippen LogP contribution >= 0.6 is 0 Å². The molecule has 19 heavy (non-hydrogen) atoms. The molecule has 0 unspecified atom stereocenters. The highest BCUT2D eigenvalue weighted by Gasteiger charge is 2.09. The summed E-state index contributed by atoms with van der Waals surface area (Å²) in [7, 11) is 2.07. The largest absolute Gasteiger partial charge is 0.465 e. The molecule has 1 rings (SSSR count). The Kier molecular flexibility index (Phi) is 11.7. The lowest BCUT2D eigenvalue weighted by molar-refractivity contribution is 0.191. The molecule has 5 nitrogen and oxygen atoms in total. The average molecular weight is 273 g/mol. The molecule has 0 heterocycles. The Bertz CT molecular complexity index is 215. The lowest BCUT2D eigenvalue weighted by Crippen LogP contribution is -2.33. The summed E-state index contributed by atoms with van der Waals surface area (Å²) in [5, 5.41) is 13.9. The molecule has 0 aromatic heterocycles. The zero-order valence-corrected chi connectivity index (χ0v) is 12.7. The van der Waals surface area contributed by atoms with Crippen molar-refractivity contribution >= 4 is 6.09 Å². The Morgan fingerprint density at radius 3 is 2.16 bits per heavy atom. The minimum absolute atomic E-state index is 0.511. The summed E-state index contributed by atoms with van der Waals surface area (Å²) in [6.45, 7) is 7.36. The molecule has 0 atom stereocenters. The van der Waals surface area contributed by atoms with Crippen molar-refractivity contribution in [3.63, 3.8) is 0 Å². The van der Waals surface area contributed by atoms with Gasteiger partial charge in [0, 0.05) is 19.1 Å². The zero-order chi connectivity index (χ0) is 14.5. The fourth-order valence-corrected chi connectivity index (χ4v) is 2.25. The zero-order valence-electron chi connectivity index (χ0n) is 12.7. The minimum Gasteiger partial charge on any atom is -0.465 e. The van der Waals surface area contributed by atoms with E-state index < -0.39 is 6.09 Å². The predicted octanol–water partition coefficient (Wildman–Crippen LogP) is 2.13. The minimum atomic E-state index is -0.947. The summed E-state index contributed by atoms with van der Waals surface area (Å²) in [6, 6.07) is 0.837. The summed E-state index contributed by atoms with van der Waals surface area (Å²) in [4.78, 5) is 12.2. The second-order valence-corrected chi connectivity index (χ2v) is 4.88. The van der Waals surface area contributed by atoms with Crippen molar-refractivity contribution in [1.29, 1.82) is 0 Å². The van der Waals surface area contributed by atoms with Crippen LogP contribution in [0.25, 0.3) is 0 Å². The summed E-state index contributed by atoms with van der Waals surface area (Å²) in [6.07, 6.45) is 6.18. The summed E-state index contributed by atoms with van der Waals surface area (Å²) in [5.41, 5.74) is 0. The van der Waals surface area contributed by atoms with Crippen LogP contribution in [-0.4, -0.2) is 55.4 Å². The van der Waals surface area contributed by atoms with Crippen LogP contribution in [0.4, 0.5) is 4.79 Å². The van der Waals surface area contributed by atoms with Crippen LogP contribution in [0, 0.1) is 0 Å². The van der Waals surface area contributed by atoms with Gasteiger partial charge in [0.15, 0.2) is 0 Å². The average Bonchev–Trinajstić information content (AvgIpc) is 2.45. The second-order valence-electron chi connectivity index (χ2n) is 4.88. The molecule has 0 aromatic rings. The molecule has 1 amide bonds. The number of hydrogen-bond acceptors (Lipinski definition) is 3. The van der Waals surface area contributed by atoms with Gasteiger partial charge in [-0.25, -0.2) is 4.79 Å². The third-order valence-electron chi connectivity index (χ3n) is 3.61. The predicted molar refractivity (Wildman–Crippen MR) is 79.7 cm³/mol. The van der Waals surface area contributed by atoms with E-state index in [9.17, 15) is 4.79 Å². The van der Waals surface area contributed by atoms with E-state index in [-0.39, 0.29) is 0 Å². The molecule has 0 saturated heterocycles. The third kappa shape index (κ3) is 10.8. The van der Waals surface area contributed by atoms with E-state index in [1.807, 2.05) is 0 Å². The van der Waals surface area contributed by atoms with E-state index in [1.165, 1.54) is 32.1 Å². The highest BCUT2D eigenvalue weighted by atomic mass is 16.4. The molecule has 1 aliphatic carbocycles. The second kappa shape index (κ2) is 12.2. The van der Waals surface area contributed by atoms with Crippen LogP contribution in [0.3, 0.4) is 0 Å². The molecular formula is C14H31N3O2. The van der Waals surface area contributed by atoms with Gasteiger partial charge in [0.1, 0.15) is 0 Å². The quantitative estimate of drug-likeness (QED) is 0.694. The van der Waals surface area contributed by atoms with Crippen molar-refractivity contribution in [3.8, 4) is 0 Å². The number of rotatable bonds is 6. The fourth-order valence-electron chi connectivity index (χ4n) is 2.25. The van der Waals surface area contributed by atoms with Gasteiger partial charge in [-0.1, -0.05) is 33.1 Å². The van der Waals surface area contributed by atoms with Crippen molar-refractivity contribution in [1.82, 2.24) is 15.5 Å². The maximum Gasteiger partial charge on any atom is 0.404 e. The number of amides is 1. The topological polar surface area (TPSA) is 64.6 Å². The number of nitrogens with zero attached hydrogens (tertiary/aromatic N) is 1. The first-order valence-corrected chi connectivity index (χ1v) is 7.50. The van der Waals surface area contributed by atoms with Gasteiger partial charge >= 0.3 is 6.09 Å². The molecule has 0 bridgehead atoms. The first-order valence-electron chi connectivity index (χ1n) is 7.50. The van der Waals surface area contributed by atoms with E-state index in [0.29, 0.717) is 6.54 Å². The van der Waals surface area contributed by atoms with Crippen LogP contribution < -0.4 is 10.6 Å². The standard InChI is InChI=1S/C7H16N2O2.C7H15N/c1-3-9(4-2)6-5-8-7(10)11;1-8-7-5-3-2-4-6-7/h8H,3-6H2,1-2H3,(H,10,11);7-8H,2-6H2,1H3. The number of carbonyl (C=O) groups is 1. The van der Waals surface area contributed by atoms with Gasteiger partial charge in [-0.2, -0.15) is 0 Å². The maximum atomic E-state index is 10.0. The Morgan fingerprint density at radius 2 is 1.79 bits per heavy atom. The van der Waals surface area contributed by atoms with E-state index in [4.69, 9.17) is 5.11 Å². The van der Waals surface area contributed by atoms with Crippen molar-refractivity contribution < 1.29 is 9.90 Å². The normalized spacial score (nSPS) is 15.8. The van der Waals surface area contributed by atoms with Crippen LogP contribution in [-0.2, 0) is 0 Å². The molecule has 1 saturated carbocycles. The third-order valence-corrected chi connectivity index (χ3v) is 3.61. The van der Waals surface area contributed by atoms with E-state index in [2.05, 4.69) is 36.4 Å². The lowest BCUT2D eigenvalue weighted by Gasteiger charge is -2.20. The molecule has 0 spiro atoms. The van der Waals surface area contributed by atoms with Crippen LogP contribution in [0.1, 0.15) is 46.0 Å². The van der Waals surface area contributed by atoms with Gasteiger partial charge in [0.05, 0.1) is 0 Å². The smallest absolute Gasteiger partial charge is 0.404 e. The van der Waals surface area contributed by atoms with E-state index >= 15 is 0 Å². The Hall–Kier alpha value is -0.810. The molecule has 0 aliphatic heterocycles.